The van der Waals surface area contributed by atoms with Gasteiger partial charge in [-0.1, -0.05) is 15.9 Å². The number of hydrogen-bond donors (Lipinski definition) is 1. The summed E-state index contributed by atoms with van der Waals surface area (Å²) in [6.45, 7) is 2.32. The monoisotopic (exact) mass is 402 g/mol. The predicted octanol–water partition coefficient (Wildman–Crippen LogP) is 3.76. The third kappa shape index (κ3) is 3.85. The summed E-state index contributed by atoms with van der Waals surface area (Å²) in [5.74, 6) is 0.195. The molecule has 130 valence electrons. The van der Waals surface area contributed by atoms with Gasteiger partial charge in [-0.3, -0.25) is 9.59 Å². The quantitative estimate of drug-likeness (QED) is 0.846. The number of rotatable bonds is 4. The molecule has 6 heteroatoms. The zero-order valence-corrected chi connectivity index (χ0v) is 15.7. The number of hydrogen-bond acceptors (Lipinski definition) is 3. The molecule has 0 aliphatic carbocycles. The predicted molar refractivity (Wildman–Crippen MR) is 101 cm³/mol. The van der Waals surface area contributed by atoms with Crippen LogP contribution in [-0.2, 0) is 9.59 Å². The van der Waals surface area contributed by atoms with Crippen LogP contribution in [0.25, 0.3) is 0 Å². The molecule has 5 nitrogen and oxygen atoms in total. The van der Waals surface area contributed by atoms with E-state index in [9.17, 15) is 9.59 Å². The lowest BCUT2D eigenvalue weighted by Crippen LogP contribution is -2.28. The highest BCUT2D eigenvalue weighted by molar-refractivity contribution is 9.10. The molecule has 1 aliphatic rings. The maximum absolute atomic E-state index is 12.6. The number of carbonyl (C=O) groups is 2. The van der Waals surface area contributed by atoms with Crippen molar-refractivity contribution in [3.63, 3.8) is 0 Å². The Morgan fingerprint density at radius 1 is 1.24 bits per heavy atom. The van der Waals surface area contributed by atoms with Gasteiger partial charge in [-0.25, -0.2) is 0 Å². The number of aryl methyl sites for hydroxylation is 1. The van der Waals surface area contributed by atoms with Gasteiger partial charge in [0.1, 0.15) is 5.75 Å². The van der Waals surface area contributed by atoms with Crippen molar-refractivity contribution in [3.05, 3.63) is 52.5 Å². The van der Waals surface area contributed by atoms with Crippen molar-refractivity contribution < 1.29 is 14.3 Å². The van der Waals surface area contributed by atoms with Gasteiger partial charge in [0.25, 0.3) is 0 Å². The van der Waals surface area contributed by atoms with Crippen LogP contribution < -0.4 is 15.0 Å². The lowest BCUT2D eigenvalue weighted by atomic mass is 10.1. The first-order valence-electron chi connectivity index (χ1n) is 7.99. The fraction of sp³-hybridized carbons (Fsp3) is 0.263. The van der Waals surface area contributed by atoms with Gasteiger partial charge in [0.15, 0.2) is 0 Å². The molecule has 3 rings (SSSR count). The molecular formula is C19H19BrN2O3. The van der Waals surface area contributed by atoms with Crippen LogP contribution in [0.15, 0.2) is 46.9 Å². The van der Waals surface area contributed by atoms with Crippen molar-refractivity contribution in [2.45, 2.75) is 13.3 Å². The fourth-order valence-electron chi connectivity index (χ4n) is 2.90. The standard InChI is InChI=1S/C19H19BrN2O3/c1-12-9-14(20)3-8-17(12)21-19(24)13-10-18(23)22(11-13)15-4-6-16(25-2)7-5-15/h3-9,13H,10-11H2,1-2H3,(H,21,24). The number of methoxy groups -OCH3 is 1. The van der Waals surface area contributed by atoms with E-state index in [0.29, 0.717) is 6.54 Å². The van der Waals surface area contributed by atoms with Crippen molar-refractivity contribution in [2.75, 3.05) is 23.9 Å². The van der Waals surface area contributed by atoms with Gasteiger partial charge in [0, 0.05) is 28.8 Å². The van der Waals surface area contributed by atoms with Crippen LogP contribution in [0.2, 0.25) is 0 Å². The average molecular weight is 403 g/mol. The van der Waals surface area contributed by atoms with Crippen molar-refractivity contribution >= 4 is 39.1 Å². The van der Waals surface area contributed by atoms with Gasteiger partial charge in [0.2, 0.25) is 11.8 Å². The molecule has 1 atom stereocenters. The topological polar surface area (TPSA) is 58.6 Å². The maximum atomic E-state index is 12.6. The lowest BCUT2D eigenvalue weighted by Gasteiger charge is -2.17. The van der Waals surface area contributed by atoms with Crippen LogP contribution in [0, 0.1) is 12.8 Å². The summed E-state index contributed by atoms with van der Waals surface area (Å²) in [4.78, 5) is 26.5. The van der Waals surface area contributed by atoms with Crippen molar-refractivity contribution in [2.24, 2.45) is 5.92 Å². The van der Waals surface area contributed by atoms with Crippen LogP contribution in [0.4, 0.5) is 11.4 Å². The van der Waals surface area contributed by atoms with E-state index in [1.807, 2.05) is 37.3 Å². The highest BCUT2D eigenvalue weighted by Crippen LogP contribution is 2.28. The van der Waals surface area contributed by atoms with E-state index in [4.69, 9.17) is 4.74 Å². The summed E-state index contributed by atoms with van der Waals surface area (Å²) in [6, 6.07) is 13.0. The molecular weight excluding hydrogens is 384 g/mol. The number of ether oxygens (including phenoxy) is 1. The highest BCUT2D eigenvalue weighted by atomic mass is 79.9. The Balaban J connectivity index is 1.69. The number of nitrogens with zero attached hydrogens (tertiary/aromatic N) is 1. The second kappa shape index (κ2) is 7.27. The Morgan fingerprint density at radius 2 is 1.96 bits per heavy atom. The zero-order chi connectivity index (χ0) is 18.0. The SMILES string of the molecule is COc1ccc(N2CC(C(=O)Nc3ccc(Br)cc3C)CC2=O)cc1. The average Bonchev–Trinajstić information content (AvgIpc) is 2.99. The van der Waals surface area contributed by atoms with Gasteiger partial charge in [-0.05, 0) is 55.0 Å². The van der Waals surface area contributed by atoms with Crippen LogP contribution in [-0.4, -0.2) is 25.5 Å². The third-order valence-corrected chi connectivity index (χ3v) is 4.82. The van der Waals surface area contributed by atoms with Gasteiger partial charge in [-0.2, -0.15) is 0 Å². The van der Waals surface area contributed by atoms with E-state index in [0.717, 1.165) is 27.2 Å². The Hall–Kier alpha value is -2.34. The minimum absolute atomic E-state index is 0.0437. The first-order valence-corrected chi connectivity index (χ1v) is 8.78. The molecule has 1 heterocycles. The summed E-state index contributed by atoms with van der Waals surface area (Å²) in [7, 11) is 1.60. The third-order valence-electron chi connectivity index (χ3n) is 4.33. The molecule has 2 aromatic rings. The molecule has 0 bridgehead atoms. The number of anilines is 2. The molecule has 1 saturated heterocycles. The molecule has 25 heavy (non-hydrogen) atoms. The van der Waals surface area contributed by atoms with Gasteiger partial charge >= 0.3 is 0 Å². The highest BCUT2D eigenvalue weighted by Gasteiger charge is 2.35. The van der Waals surface area contributed by atoms with E-state index >= 15 is 0 Å². The first-order chi connectivity index (χ1) is 12.0. The zero-order valence-electron chi connectivity index (χ0n) is 14.1. The summed E-state index contributed by atoms with van der Waals surface area (Å²) in [6.07, 6.45) is 0.216. The number of nitrogens with one attached hydrogen (secondary N) is 1. The second-order valence-corrected chi connectivity index (χ2v) is 6.97. The second-order valence-electron chi connectivity index (χ2n) is 6.05. The van der Waals surface area contributed by atoms with Crippen LogP contribution in [0.1, 0.15) is 12.0 Å². The van der Waals surface area contributed by atoms with Crippen LogP contribution in [0.5, 0.6) is 5.75 Å². The van der Waals surface area contributed by atoms with E-state index in [-0.39, 0.29) is 24.2 Å². The Labute approximate surface area is 155 Å². The van der Waals surface area contributed by atoms with Crippen molar-refractivity contribution in [1.29, 1.82) is 0 Å². The van der Waals surface area contributed by atoms with Crippen LogP contribution in [0.3, 0.4) is 0 Å². The largest absolute Gasteiger partial charge is 0.497 e. The Kier molecular flexibility index (Phi) is 5.08. The molecule has 0 spiro atoms. The number of halogens is 1. The molecule has 2 aromatic carbocycles. The maximum Gasteiger partial charge on any atom is 0.229 e. The summed E-state index contributed by atoms with van der Waals surface area (Å²) >= 11 is 3.41. The number of amides is 2. The molecule has 0 radical (unpaired) electrons. The van der Waals surface area contributed by atoms with Crippen LogP contribution >= 0.6 is 15.9 Å². The van der Waals surface area contributed by atoms with Crippen molar-refractivity contribution in [1.82, 2.24) is 0 Å². The minimum atomic E-state index is -0.363. The minimum Gasteiger partial charge on any atom is -0.497 e. The van der Waals surface area contributed by atoms with Crippen molar-refractivity contribution in [3.8, 4) is 5.75 Å². The molecule has 1 fully saturated rings. The van der Waals surface area contributed by atoms with E-state index in [2.05, 4.69) is 21.2 Å². The molecule has 0 aromatic heterocycles. The number of benzene rings is 2. The molecule has 0 saturated carbocycles. The number of carbonyl (C=O) groups excluding carboxylic acids is 2. The van der Waals surface area contributed by atoms with Gasteiger partial charge in [0.05, 0.1) is 13.0 Å². The first kappa shape index (κ1) is 17.5. The lowest BCUT2D eigenvalue weighted by molar-refractivity contribution is -0.122. The molecule has 2 amide bonds. The normalized spacial score (nSPS) is 16.8. The Morgan fingerprint density at radius 3 is 2.60 bits per heavy atom. The van der Waals surface area contributed by atoms with E-state index in [1.165, 1.54) is 0 Å². The smallest absolute Gasteiger partial charge is 0.229 e. The summed E-state index contributed by atoms with van der Waals surface area (Å²) in [5.41, 5.74) is 2.52. The molecule has 1 aliphatic heterocycles. The van der Waals surface area contributed by atoms with E-state index in [1.54, 1.807) is 24.1 Å². The Bertz CT molecular complexity index is 805. The molecule has 1 N–H and O–H groups in total. The van der Waals surface area contributed by atoms with Gasteiger partial charge in [-0.15, -0.1) is 0 Å². The summed E-state index contributed by atoms with van der Waals surface area (Å²) < 4.78 is 6.10. The summed E-state index contributed by atoms with van der Waals surface area (Å²) in [5, 5.41) is 2.93. The molecule has 1 unspecified atom stereocenters. The van der Waals surface area contributed by atoms with Gasteiger partial charge < -0.3 is 15.0 Å². The van der Waals surface area contributed by atoms with E-state index < -0.39 is 0 Å². The fourth-order valence-corrected chi connectivity index (χ4v) is 3.37.